The second-order valence-electron chi connectivity index (χ2n) is 5.60. The van der Waals surface area contributed by atoms with Crippen LogP contribution in [0.2, 0.25) is 5.02 Å². The summed E-state index contributed by atoms with van der Waals surface area (Å²) < 4.78 is 15.9. The number of nitrogens with zero attached hydrogens (tertiary/aromatic N) is 2. The van der Waals surface area contributed by atoms with Gasteiger partial charge in [0.2, 0.25) is 5.90 Å². The van der Waals surface area contributed by atoms with Crippen molar-refractivity contribution in [1.82, 2.24) is 0 Å². The van der Waals surface area contributed by atoms with Gasteiger partial charge in [-0.15, -0.1) is 0 Å². The van der Waals surface area contributed by atoms with Crippen molar-refractivity contribution >= 4 is 35.2 Å². The molecule has 0 saturated carbocycles. The first-order chi connectivity index (χ1) is 13.4. The molecular formula is C19H15ClN2O6. The molecule has 144 valence electrons. The van der Waals surface area contributed by atoms with Crippen molar-refractivity contribution in [2.45, 2.75) is 6.92 Å². The fourth-order valence-electron chi connectivity index (χ4n) is 2.52. The Kier molecular flexibility index (Phi) is 5.60. The first kappa shape index (κ1) is 19.4. The van der Waals surface area contributed by atoms with Crippen molar-refractivity contribution in [3.8, 4) is 11.5 Å². The number of ether oxygens (including phenoxy) is 3. The molecule has 2 aromatic rings. The number of hydrogen-bond donors (Lipinski definition) is 0. The molecule has 0 amide bonds. The molecule has 9 heteroatoms. The van der Waals surface area contributed by atoms with E-state index in [2.05, 4.69) is 4.99 Å². The van der Waals surface area contributed by atoms with Gasteiger partial charge < -0.3 is 14.2 Å². The summed E-state index contributed by atoms with van der Waals surface area (Å²) in [5, 5.41) is 11.1. The van der Waals surface area contributed by atoms with Crippen LogP contribution >= 0.6 is 11.6 Å². The molecule has 28 heavy (non-hydrogen) atoms. The van der Waals surface area contributed by atoms with E-state index in [1.165, 1.54) is 31.4 Å². The number of esters is 1. The number of carbonyl (C=O) groups excluding carboxylic acids is 1. The largest absolute Gasteiger partial charge is 0.493 e. The summed E-state index contributed by atoms with van der Waals surface area (Å²) in [6.07, 6.45) is 1.51. The van der Waals surface area contributed by atoms with Crippen molar-refractivity contribution < 1.29 is 23.9 Å². The van der Waals surface area contributed by atoms with Gasteiger partial charge in [0.15, 0.2) is 17.2 Å². The van der Waals surface area contributed by atoms with E-state index in [0.29, 0.717) is 23.7 Å². The van der Waals surface area contributed by atoms with Crippen LogP contribution in [0.4, 0.5) is 5.69 Å². The second-order valence-corrected chi connectivity index (χ2v) is 6.01. The highest BCUT2D eigenvalue weighted by molar-refractivity contribution is 6.34. The molecule has 1 aliphatic rings. The number of aliphatic imine (C=N–C) groups is 1. The van der Waals surface area contributed by atoms with Crippen molar-refractivity contribution in [3.05, 3.63) is 68.4 Å². The van der Waals surface area contributed by atoms with Gasteiger partial charge in [-0.05, 0) is 36.8 Å². The van der Waals surface area contributed by atoms with Gasteiger partial charge in [-0.2, -0.15) is 0 Å². The summed E-state index contributed by atoms with van der Waals surface area (Å²) in [5.41, 5.74) is 0.648. The summed E-state index contributed by atoms with van der Waals surface area (Å²) in [7, 11) is 1.51. The third-order valence-electron chi connectivity index (χ3n) is 3.80. The predicted octanol–water partition coefficient (Wildman–Crippen LogP) is 4.00. The maximum absolute atomic E-state index is 12.2. The van der Waals surface area contributed by atoms with Crippen LogP contribution in [0.3, 0.4) is 0 Å². The zero-order valence-corrected chi connectivity index (χ0v) is 15.7. The molecule has 0 spiro atoms. The van der Waals surface area contributed by atoms with Crippen LogP contribution in [-0.4, -0.2) is 30.5 Å². The minimum atomic E-state index is -0.689. The third kappa shape index (κ3) is 3.96. The van der Waals surface area contributed by atoms with Crippen molar-refractivity contribution in [2.24, 2.45) is 4.99 Å². The Morgan fingerprint density at radius 3 is 2.71 bits per heavy atom. The highest BCUT2D eigenvalue weighted by atomic mass is 35.5. The molecular weight excluding hydrogens is 388 g/mol. The van der Waals surface area contributed by atoms with Crippen LogP contribution in [0.25, 0.3) is 6.08 Å². The molecule has 0 unspecified atom stereocenters. The fraction of sp³-hybridized carbons (Fsp3) is 0.158. The van der Waals surface area contributed by atoms with E-state index in [0.717, 1.165) is 0 Å². The van der Waals surface area contributed by atoms with E-state index in [-0.39, 0.29) is 27.9 Å². The van der Waals surface area contributed by atoms with Crippen molar-refractivity contribution in [1.29, 1.82) is 0 Å². The first-order valence-corrected chi connectivity index (χ1v) is 8.58. The molecule has 3 rings (SSSR count). The molecule has 0 N–H and O–H groups in total. The lowest BCUT2D eigenvalue weighted by atomic mass is 10.1. The highest BCUT2D eigenvalue weighted by Gasteiger charge is 2.27. The number of benzene rings is 2. The number of hydrogen-bond acceptors (Lipinski definition) is 7. The summed E-state index contributed by atoms with van der Waals surface area (Å²) in [6, 6.07) is 8.96. The van der Waals surface area contributed by atoms with Crippen molar-refractivity contribution in [2.75, 3.05) is 13.7 Å². The predicted molar refractivity (Wildman–Crippen MR) is 103 cm³/mol. The molecule has 0 aromatic heterocycles. The molecule has 1 heterocycles. The number of methoxy groups -OCH3 is 1. The average Bonchev–Trinajstić information content (AvgIpc) is 3.03. The van der Waals surface area contributed by atoms with Gasteiger partial charge in [-0.1, -0.05) is 17.7 Å². The Bertz CT molecular complexity index is 1020. The summed E-state index contributed by atoms with van der Waals surface area (Å²) >= 11 is 6.08. The number of halogens is 1. The Morgan fingerprint density at radius 2 is 2.04 bits per heavy atom. The van der Waals surface area contributed by atoms with Crippen LogP contribution in [0.5, 0.6) is 11.5 Å². The van der Waals surface area contributed by atoms with E-state index in [1.807, 2.05) is 6.92 Å². The quantitative estimate of drug-likeness (QED) is 0.313. The van der Waals surface area contributed by atoms with E-state index >= 15 is 0 Å². The maximum Gasteiger partial charge on any atom is 0.363 e. The Balaban J connectivity index is 1.96. The van der Waals surface area contributed by atoms with Crippen LogP contribution in [0, 0.1) is 10.1 Å². The van der Waals surface area contributed by atoms with Gasteiger partial charge in [0.25, 0.3) is 5.69 Å². The smallest absolute Gasteiger partial charge is 0.363 e. The molecule has 0 radical (unpaired) electrons. The fourth-order valence-corrected chi connectivity index (χ4v) is 2.72. The summed E-state index contributed by atoms with van der Waals surface area (Å²) in [5.74, 6) is 0.301. The van der Waals surface area contributed by atoms with Crippen LogP contribution < -0.4 is 9.47 Å². The minimum absolute atomic E-state index is 0.0313. The van der Waals surface area contributed by atoms with Gasteiger partial charge in [-0.25, -0.2) is 9.79 Å². The second kappa shape index (κ2) is 8.10. The zero-order chi connectivity index (χ0) is 20.3. The number of nitro benzene ring substituents is 1. The topological polar surface area (TPSA) is 100 Å². The Labute approximate surface area is 165 Å². The molecule has 0 atom stereocenters. The normalized spacial score (nSPS) is 14.6. The van der Waals surface area contributed by atoms with Gasteiger partial charge in [0.1, 0.15) is 0 Å². The van der Waals surface area contributed by atoms with Gasteiger partial charge >= 0.3 is 5.97 Å². The lowest BCUT2D eigenvalue weighted by molar-refractivity contribution is -0.384. The minimum Gasteiger partial charge on any atom is -0.493 e. The van der Waals surface area contributed by atoms with Crippen LogP contribution in [0.15, 0.2) is 47.1 Å². The van der Waals surface area contributed by atoms with E-state index < -0.39 is 10.9 Å². The van der Waals surface area contributed by atoms with Crippen molar-refractivity contribution in [3.63, 3.8) is 0 Å². The first-order valence-electron chi connectivity index (χ1n) is 8.20. The Morgan fingerprint density at radius 1 is 1.25 bits per heavy atom. The Hall–Kier alpha value is -3.39. The lowest BCUT2D eigenvalue weighted by Gasteiger charge is -2.09. The molecule has 0 aliphatic carbocycles. The lowest BCUT2D eigenvalue weighted by Crippen LogP contribution is -2.06. The highest BCUT2D eigenvalue weighted by Crippen LogP contribution is 2.30. The number of rotatable bonds is 6. The van der Waals surface area contributed by atoms with E-state index in [1.54, 1.807) is 18.2 Å². The SMILES string of the molecule is CCOc1ccc(/C=C2/N=C(c3cc([N+](=O)[O-])ccc3Cl)OC2=O)cc1OC. The summed E-state index contributed by atoms with van der Waals surface area (Å²) in [6.45, 7) is 2.35. The third-order valence-corrected chi connectivity index (χ3v) is 4.13. The maximum atomic E-state index is 12.2. The number of nitro groups is 1. The number of carbonyl (C=O) groups is 1. The monoisotopic (exact) mass is 402 g/mol. The van der Waals surface area contributed by atoms with Crippen LogP contribution in [0.1, 0.15) is 18.1 Å². The van der Waals surface area contributed by atoms with E-state index in [9.17, 15) is 14.9 Å². The number of non-ortho nitro benzene ring substituents is 1. The number of cyclic esters (lactones) is 1. The molecule has 2 aromatic carbocycles. The van der Waals surface area contributed by atoms with Gasteiger partial charge in [-0.3, -0.25) is 10.1 Å². The molecule has 8 nitrogen and oxygen atoms in total. The van der Waals surface area contributed by atoms with E-state index in [4.69, 9.17) is 25.8 Å². The molecule has 0 saturated heterocycles. The van der Waals surface area contributed by atoms with Gasteiger partial charge in [0, 0.05) is 12.1 Å². The van der Waals surface area contributed by atoms with Crippen LogP contribution in [-0.2, 0) is 9.53 Å². The average molecular weight is 403 g/mol. The van der Waals surface area contributed by atoms with Gasteiger partial charge in [0.05, 0.1) is 29.2 Å². The standard InChI is InChI=1S/C19H15ClN2O6/c1-3-27-16-7-4-11(9-17(16)26-2)8-15-19(23)28-18(21-15)13-10-12(22(24)25)5-6-14(13)20/h4-10H,3H2,1-2H3/b15-8+. The summed E-state index contributed by atoms with van der Waals surface area (Å²) in [4.78, 5) is 26.7. The molecule has 0 fully saturated rings. The zero-order valence-electron chi connectivity index (χ0n) is 15.0. The molecule has 1 aliphatic heterocycles. The molecule has 0 bridgehead atoms.